The third kappa shape index (κ3) is 5.23. The van der Waals surface area contributed by atoms with Gasteiger partial charge in [0.1, 0.15) is 5.75 Å². The molecular formula is C21H32N2O3. The number of rotatable bonds is 6. The molecule has 0 aromatic heterocycles. The molecule has 26 heavy (non-hydrogen) atoms. The van der Waals surface area contributed by atoms with Gasteiger partial charge < -0.3 is 14.5 Å². The van der Waals surface area contributed by atoms with E-state index in [-0.39, 0.29) is 11.8 Å². The van der Waals surface area contributed by atoms with Crippen LogP contribution in [0.3, 0.4) is 0 Å². The molecule has 5 heteroatoms. The van der Waals surface area contributed by atoms with Crippen molar-refractivity contribution in [3.63, 3.8) is 0 Å². The zero-order valence-corrected chi connectivity index (χ0v) is 16.7. The summed E-state index contributed by atoms with van der Waals surface area (Å²) < 4.78 is 5.98. The average Bonchev–Trinajstić information content (AvgIpc) is 2.60. The van der Waals surface area contributed by atoms with E-state index in [4.69, 9.17) is 4.74 Å². The Kier molecular flexibility index (Phi) is 7.06. The smallest absolute Gasteiger partial charge is 0.263 e. The number of ether oxygens (including phenoxy) is 1. The number of para-hydroxylation sites is 1. The van der Waals surface area contributed by atoms with Crippen LogP contribution in [0.15, 0.2) is 24.3 Å². The predicted octanol–water partition coefficient (Wildman–Crippen LogP) is 3.29. The van der Waals surface area contributed by atoms with E-state index in [0.29, 0.717) is 44.4 Å². The van der Waals surface area contributed by atoms with Crippen LogP contribution in [0.5, 0.6) is 5.75 Å². The molecule has 0 saturated carbocycles. The molecule has 0 radical (unpaired) electrons. The Labute approximate surface area is 157 Å². The summed E-state index contributed by atoms with van der Waals surface area (Å²) in [5.74, 6) is 1.64. The van der Waals surface area contributed by atoms with Crippen molar-refractivity contribution in [3.05, 3.63) is 29.8 Å². The number of amides is 2. The molecule has 5 nitrogen and oxygen atoms in total. The fourth-order valence-corrected chi connectivity index (χ4v) is 3.22. The van der Waals surface area contributed by atoms with Gasteiger partial charge in [-0.3, -0.25) is 9.59 Å². The second kappa shape index (κ2) is 9.06. The molecular weight excluding hydrogens is 328 g/mol. The summed E-state index contributed by atoms with van der Waals surface area (Å²) in [5.41, 5.74) is 1.11. The Morgan fingerprint density at radius 2 is 1.54 bits per heavy atom. The second-order valence-corrected chi connectivity index (χ2v) is 7.76. The van der Waals surface area contributed by atoms with Crippen molar-refractivity contribution in [1.82, 2.24) is 9.80 Å². The lowest BCUT2D eigenvalue weighted by Crippen LogP contribution is -2.53. The standard InChI is InChI=1S/C21H32N2O3/c1-15(2)14-20(24)22-10-12-23(13-11-22)21(25)17(5)26-19-9-7-6-8-18(19)16(3)4/h6-9,15-17H,10-14H2,1-5H3. The maximum Gasteiger partial charge on any atom is 0.263 e. The Balaban J connectivity index is 1.91. The van der Waals surface area contributed by atoms with Crippen molar-refractivity contribution in [2.24, 2.45) is 5.92 Å². The number of piperazine rings is 1. The summed E-state index contributed by atoms with van der Waals surface area (Å²) in [7, 11) is 0. The molecule has 144 valence electrons. The predicted molar refractivity (Wildman–Crippen MR) is 103 cm³/mol. The van der Waals surface area contributed by atoms with Gasteiger partial charge in [0.05, 0.1) is 0 Å². The third-order valence-electron chi connectivity index (χ3n) is 4.72. The molecule has 0 spiro atoms. The minimum absolute atomic E-state index is 0.0143. The highest BCUT2D eigenvalue weighted by atomic mass is 16.5. The van der Waals surface area contributed by atoms with Crippen LogP contribution < -0.4 is 4.74 Å². The van der Waals surface area contributed by atoms with Gasteiger partial charge in [0.25, 0.3) is 5.91 Å². The third-order valence-corrected chi connectivity index (χ3v) is 4.72. The van der Waals surface area contributed by atoms with E-state index >= 15 is 0 Å². The van der Waals surface area contributed by atoms with Crippen LogP contribution in [-0.4, -0.2) is 53.9 Å². The first kappa shape index (κ1) is 20.3. The summed E-state index contributed by atoms with van der Waals surface area (Å²) in [6.45, 7) is 12.5. The van der Waals surface area contributed by atoms with E-state index in [9.17, 15) is 9.59 Å². The number of hydrogen-bond acceptors (Lipinski definition) is 3. The molecule has 0 N–H and O–H groups in total. The maximum absolute atomic E-state index is 12.7. The first-order chi connectivity index (χ1) is 12.3. The lowest BCUT2D eigenvalue weighted by Gasteiger charge is -2.36. The zero-order valence-electron chi connectivity index (χ0n) is 16.7. The normalized spacial score (nSPS) is 16.1. The molecule has 2 rings (SSSR count). The molecule has 1 atom stereocenters. The monoisotopic (exact) mass is 360 g/mol. The molecule has 1 aromatic rings. The highest BCUT2D eigenvalue weighted by molar-refractivity contribution is 5.82. The Morgan fingerprint density at radius 3 is 2.12 bits per heavy atom. The van der Waals surface area contributed by atoms with E-state index < -0.39 is 6.10 Å². The first-order valence-corrected chi connectivity index (χ1v) is 9.61. The van der Waals surface area contributed by atoms with Crippen molar-refractivity contribution in [3.8, 4) is 5.75 Å². The number of carbonyl (C=O) groups is 2. The number of hydrogen-bond donors (Lipinski definition) is 0. The number of nitrogens with zero attached hydrogens (tertiary/aromatic N) is 2. The summed E-state index contributed by atoms with van der Waals surface area (Å²) in [4.78, 5) is 28.6. The molecule has 1 saturated heterocycles. The van der Waals surface area contributed by atoms with Gasteiger partial charge in [0.15, 0.2) is 6.10 Å². The fraction of sp³-hybridized carbons (Fsp3) is 0.619. The van der Waals surface area contributed by atoms with Crippen molar-refractivity contribution < 1.29 is 14.3 Å². The molecule has 0 bridgehead atoms. The van der Waals surface area contributed by atoms with Crippen LogP contribution in [-0.2, 0) is 9.59 Å². The van der Waals surface area contributed by atoms with E-state index in [1.54, 1.807) is 6.92 Å². The van der Waals surface area contributed by atoms with Crippen LogP contribution in [0.2, 0.25) is 0 Å². The molecule has 1 fully saturated rings. The van der Waals surface area contributed by atoms with Gasteiger partial charge in [-0.15, -0.1) is 0 Å². The van der Waals surface area contributed by atoms with Gasteiger partial charge in [-0.25, -0.2) is 0 Å². The SMILES string of the molecule is CC(C)CC(=O)N1CCN(C(=O)C(C)Oc2ccccc2C(C)C)CC1. The Morgan fingerprint density at radius 1 is 0.962 bits per heavy atom. The van der Waals surface area contributed by atoms with Crippen molar-refractivity contribution in [1.29, 1.82) is 0 Å². The summed E-state index contributed by atoms with van der Waals surface area (Å²) >= 11 is 0. The second-order valence-electron chi connectivity index (χ2n) is 7.76. The minimum Gasteiger partial charge on any atom is -0.481 e. The van der Waals surface area contributed by atoms with Gasteiger partial charge in [0, 0.05) is 32.6 Å². The van der Waals surface area contributed by atoms with Crippen LogP contribution >= 0.6 is 0 Å². The topological polar surface area (TPSA) is 49.9 Å². The van der Waals surface area contributed by atoms with Crippen molar-refractivity contribution >= 4 is 11.8 Å². The Hall–Kier alpha value is -2.04. The van der Waals surface area contributed by atoms with Crippen LogP contribution in [0.25, 0.3) is 0 Å². The van der Waals surface area contributed by atoms with Gasteiger partial charge in [-0.05, 0) is 30.4 Å². The quantitative estimate of drug-likeness (QED) is 0.782. The van der Waals surface area contributed by atoms with Gasteiger partial charge in [-0.2, -0.15) is 0 Å². The number of carbonyl (C=O) groups excluding carboxylic acids is 2. The first-order valence-electron chi connectivity index (χ1n) is 9.61. The van der Waals surface area contributed by atoms with E-state index in [2.05, 4.69) is 13.8 Å². The highest BCUT2D eigenvalue weighted by Crippen LogP contribution is 2.27. The molecule has 1 unspecified atom stereocenters. The van der Waals surface area contributed by atoms with Crippen molar-refractivity contribution in [2.45, 2.75) is 53.1 Å². The lowest BCUT2D eigenvalue weighted by atomic mass is 10.0. The van der Waals surface area contributed by atoms with Crippen LogP contribution in [0.4, 0.5) is 0 Å². The summed E-state index contributed by atoms with van der Waals surface area (Å²) in [5, 5.41) is 0. The Bertz CT molecular complexity index is 619. The van der Waals surface area contributed by atoms with Gasteiger partial charge in [-0.1, -0.05) is 45.9 Å². The maximum atomic E-state index is 12.7. The van der Waals surface area contributed by atoms with Crippen LogP contribution in [0, 0.1) is 5.92 Å². The fourth-order valence-electron chi connectivity index (χ4n) is 3.22. The van der Waals surface area contributed by atoms with Crippen LogP contribution in [0.1, 0.15) is 52.5 Å². The molecule has 0 aliphatic carbocycles. The highest BCUT2D eigenvalue weighted by Gasteiger charge is 2.28. The number of benzene rings is 1. The molecule has 1 aliphatic rings. The molecule has 1 aromatic carbocycles. The lowest BCUT2D eigenvalue weighted by molar-refractivity contribution is -0.144. The summed E-state index contributed by atoms with van der Waals surface area (Å²) in [6.07, 6.45) is 0.0345. The largest absolute Gasteiger partial charge is 0.481 e. The zero-order chi connectivity index (χ0) is 19.3. The molecule has 2 amide bonds. The van der Waals surface area contributed by atoms with Gasteiger partial charge in [0.2, 0.25) is 5.91 Å². The van der Waals surface area contributed by atoms with Crippen molar-refractivity contribution in [2.75, 3.05) is 26.2 Å². The molecule has 1 heterocycles. The summed E-state index contributed by atoms with van der Waals surface area (Å²) in [6, 6.07) is 7.87. The average molecular weight is 360 g/mol. The molecule has 1 aliphatic heterocycles. The minimum atomic E-state index is -0.534. The van der Waals surface area contributed by atoms with E-state index in [0.717, 1.165) is 11.3 Å². The van der Waals surface area contributed by atoms with Gasteiger partial charge >= 0.3 is 0 Å². The van der Waals surface area contributed by atoms with E-state index in [1.165, 1.54) is 0 Å². The van der Waals surface area contributed by atoms with E-state index in [1.807, 2.05) is 47.9 Å².